The first-order valence-corrected chi connectivity index (χ1v) is 7.17. The molecule has 3 heteroatoms. The summed E-state index contributed by atoms with van der Waals surface area (Å²) in [5.41, 5.74) is 5.64. The highest BCUT2D eigenvalue weighted by Crippen LogP contribution is 2.39. The van der Waals surface area contributed by atoms with Crippen molar-refractivity contribution in [3.8, 4) is 0 Å². The summed E-state index contributed by atoms with van der Waals surface area (Å²) < 4.78 is 0. The molecule has 1 amide bonds. The second-order valence-corrected chi connectivity index (χ2v) is 5.94. The van der Waals surface area contributed by atoms with E-state index in [2.05, 4.69) is 11.8 Å². The maximum absolute atomic E-state index is 12.6. The van der Waals surface area contributed by atoms with Crippen molar-refractivity contribution >= 4 is 5.91 Å². The van der Waals surface area contributed by atoms with Crippen molar-refractivity contribution in [2.45, 2.75) is 70.4 Å². The third kappa shape index (κ3) is 2.65. The summed E-state index contributed by atoms with van der Waals surface area (Å²) in [7, 11) is 0. The van der Waals surface area contributed by atoms with Gasteiger partial charge >= 0.3 is 0 Å². The molecule has 0 spiro atoms. The monoisotopic (exact) mass is 238 g/mol. The Bertz CT molecular complexity index is 278. The molecule has 0 aromatic carbocycles. The van der Waals surface area contributed by atoms with E-state index < -0.39 is 5.54 Å². The first-order chi connectivity index (χ1) is 8.07. The normalized spacial score (nSPS) is 25.4. The molecule has 2 aliphatic carbocycles. The molecular weight excluding hydrogens is 212 g/mol. The van der Waals surface area contributed by atoms with Crippen LogP contribution in [0.4, 0.5) is 0 Å². The van der Waals surface area contributed by atoms with Crippen molar-refractivity contribution in [3.05, 3.63) is 0 Å². The molecule has 0 aromatic heterocycles. The number of amides is 1. The van der Waals surface area contributed by atoms with Crippen LogP contribution in [0.1, 0.15) is 58.8 Å². The molecule has 1 unspecified atom stereocenters. The van der Waals surface area contributed by atoms with Crippen LogP contribution in [0.15, 0.2) is 0 Å². The van der Waals surface area contributed by atoms with Gasteiger partial charge in [-0.2, -0.15) is 0 Å². The van der Waals surface area contributed by atoms with E-state index in [1.807, 2.05) is 6.92 Å². The van der Waals surface area contributed by atoms with E-state index in [0.717, 1.165) is 19.4 Å². The minimum atomic E-state index is -0.618. The Labute approximate surface area is 105 Å². The molecule has 2 fully saturated rings. The highest BCUT2D eigenvalue weighted by molar-refractivity contribution is 5.86. The van der Waals surface area contributed by atoms with Gasteiger partial charge in [-0.25, -0.2) is 0 Å². The first-order valence-electron chi connectivity index (χ1n) is 7.17. The third-order valence-corrected chi connectivity index (χ3v) is 4.50. The largest absolute Gasteiger partial charge is 0.338 e. The summed E-state index contributed by atoms with van der Waals surface area (Å²) in [6.07, 6.45) is 8.44. The number of rotatable bonds is 4. The maximum Gasteiger partial charge on any atom is 0.242 e. The van der Waals surface area contributed by atoms with E-state index in [-0.39, 0.29) is 5.91 Å². The van der Waals surface area contributed by atoms with E-state index in [1.54, 1.807) is 0 Å². The van der Waals surface area contributed by atoms with Crippen LogP contribution in [0, 0.1) is 5.92 Å². The van der Waals surface area contributed by atoms with Gasteiger partial charge in [0.15, 0.2) is 0 Å². The lowest BCUT2D eigenvalue weighted by atomic mass is 9.90. The van der Waals surface area contributed by atoms with Gasteiger partial charge in [-0.3, -0.25) is 4.79 Å². The fraction of sp³-hybridized carbons (Fsp3) is 0.929. The third-order valence-electron chi connectivity index (χ3n) is 4.50. The predicted octanol–water partition coefficient (Wildman–Crippen LogP) is 2.29. The van der Waals surface area contributed by atoms with E-state index in [0.29, 0.717) is 12.0 Å². The molecule has 0 heterocycles. The Hall–Kier alpha value is -0.570. The van der Waals surface area contributed by atoms with Crippen LogP contribution < -0.4 is 5.73 Å². The number of carbonyl (C=O) groups excluding carboxylic acids is 1. The molecule has 2 saturated carbocycles. The van der Waals surface area contributed by atoms with E-state index in [1.165, 1.54) is 32.1 Å². The Kier molecular flexibility index (Phi) is 3.76. The van der Waals surface area contributed by atoms with Crippen LogP contribution in [0.25, 0.3) is 0 Å². The van der Waals surface area contributed by atoms with Crippen molar-refractivity contribution in [1.29, 1.82) is 0 Å². The van der Waals surface area contributed by atoms with Crippen molar-refractivity contribution in [2.24, 2.45) is 11.7 Å². The van der Waals surface area contributed by atoms with Gasteiger partial charge in [0.1, 0.15) is 0 Å². The standard InChI is InChI=1S/C14H26N2O/c1-3-16(12-7-5-4-6-8-12)13(17)14(2,15)11-9-10-11/h11-12H,3-10,15H2,1-2H3. The van der Waals surface area contributed by atoms with E-state index in [9.17, 15) is 4.79 Å². The molecule has 2 rings (SSSR count). The Morgan fingerprint density at radius 2 is 1.82 bits per heavy atom. The number of carbonyl (C=O) groups is 1. The van der Waals surface area contributed by atoms with Crippen LogP contribution in [-0.4, -0.2) is 28.9 Å². The highest BCUT2D eigenvalue weighted by atomic mass is 16.2. The van der Waals surface area contributed by atoms with Gasteiger partial charge in [-0.15, -0.1) is 0 Å². The van der Waals surface area contributed by atoms with E-state index in [4.69, 9.17) is 5.73 Å². The number of hydrogen-bond acceptors (Lipinski definition) is 2. The average molecular weight is 238 g/mol. The molecule has 0 bridgehead atoms. The van der Waals surface area contributed by atoms with Crippen LogP contribution in [0.5, 0.6) is 0 Å². The number of hydrogen-bond donors (Lipinski definition) is 1. The van der Waals surface area contributed by atoms with Crippen LogP contribution >= 0.6 is 0 Å². The zero-order valence-corrected chi connectivity index (χ0v) is 11.2. The van der Waals surface area contributed by atoms with Gasteiger partial charge in [-0.05, 0) is 45.4 Å². The quantitative estimate of drug-likeness (QED) is 0.817. The summed E-state index contributed by atoms with van der Waals surface area (Å²) in [6.45, 7) is 4.82. The minimum absolute atomic E-state index is 0.189. The molecular formula is C14H26N2O. The number of likely N-dealkylation sites (N-methyl/N-ethyl adjacent to an activating group) is 1. The predicted molar refractivity (Wildman–Crippen MR) is 69.6 cm³/mol. The number of nitrogens with two attached hydrogens (primary N) is 1. The lowest BCUT2D eigenvalue weighted by molar-refractivity contribution is -0.140. The summed E-state index contributed by atoms with van der Waals surface area (Å²) in [5, 5.41) is 0. The molecule has 17 heavy (non-hydrogen) atoms. The molecule has 2 aliphatic rings. The van der Waals surface area contributed by atoms with Gasteiger partial charge < -0.3 is 10.6 Å². The molecule has 98 valence electrons. The van der Waals surface area contributed by atoms with Crippen molar-refractivity contribution in [2.75, 3.05) is 6.54 Å². The van der Waals surface area contributed by atoms with Crippen LogP contribution in [-0.2, 0) is 4.79 Å². The maximum atomic E-state index is 12.6. The Morgan fingerprint density at radius 1 is 1.24 bits per heavy atom. The first kappa shape index (κ1) is 12.9. The van der Waals surface area contributed by atoms with Crippen LogP contribution in [0.3, 0.4) is 0 Å². The molecule has 2 N–H and O–H groups in total. The Balaban J connectivity index is 2.03. The second kappa shape index (κ2) is 4.97. The van der Waals surface area contributed by atoms with E-state index >= 15 is 0 Å². The molecule has 3 nitrogen and oxygen atoms in total. The topological polar surface area (TPSA) is 46.3 Å². The average Bonchev–Trinajstić information content (AvgIpc) is 3.15. The lowest BCUT2D eigenvalue weighted by Gasteiger charge is -2.38. The van der Waals surface area contributed by atoms with Gasteiger partial charge in [0.05, 0.1) is 5.54 Å². The molecule has 0 aliphatic heterocycles. The van der Waals surface area contributed by atoms with Gasteiger partial charge in [-0.1, -0.05) is 19.3 Å². The molecule has 1 atom stereocenters. The molecule has 0 radical (unpaired) electrons. The molecule has 0 saturated heterocycles. The van der Waals surface area contributed by atoms with Gasteiger partial charge in [0.2, 0.25) is 5.91 Å². The SMILES string of the molecule is CCN(C(=O)C(C)(N)C1CC1)C1CCCCC1. The fourth-order valence-corrected chi connectivity index (χ4v) is 3.13. The van der Waals surface area contributed by atoms with Crippen molar-refractivity contribution in [1.82, 2.24) is 4.90 Å². The Morgan fingerprint density at radius 3 is 2.29 bits per heavy atom. The summed E-state index contributed by atoms with van der Waals surface area (Å²) in [4.78, 5) is 14.6. The van der Waals surface area contributed by atoms with Gasteiger partial charge in [0.25, 0.3) is 0 Å². The summed E-state index contributed by atoms with van der Waals surface area (Å²) >= 11 is 0. The zero-order valence-electron chi connectivity index (χ0n) is 11.2. The highest BCUT2D eigenvalue weighted by Gasteiger charge is 2.46. The lowest BCUT2D eigenvalue weighted by Crippen LogP contribution is -2.57. The zero-order chi connectivity index (χ0) is 12.5. The smallest absolute Gasteiger partial charge is 0.242 e. The number of nitrogens with zero attached hydrogens (tertiary/aromatic N) is 1. The second-order valence-electron chi connectivity index (χ2n) is 5.94. The fourth-order valence-electron chi connectivity index (χ4n) is 3.13. The summed E-state index contributed by atoms with van der Waals surface area (Å²) in [6, 6.07) is 0.447. The molecule has 0 aromatic rings. The van der Waals surface area contributed by atoms with Crippen molar-refractivity contribution < 1.29 is 4.79 Å². The van der Waals surface area contributed by atoms with Gasteiger partial charge in [0, 0.05) is 12.6 Å². The summed E-state index contributed by atoms with van der Waals surface area (Å²) in [5.74, 6) is 0.613. The minimum Gasteiger partial charge on any atom is -0.338 e. The van der Waals surface area contributed by atoms with Crippen LogP contribution in [0.2, 0.25) is 0 Å². The van der Waals surface area contributed by atoms with Crippen molar-refractivity contribution in [3.63, 3.8) is 0 Å².